The Morgan fingerprint density at radius 1 is 1.10 bits per heavy atom. The predicted octanol–water partition coefficient (Wildman–Crippen LogP) is 4.47. The van der Waals surface area contributed by atoms with Gasteiger partial charge in [-0.3, -0.25) is 9.59 Å². The summed E-state index contributed by atoms with van der Waals surface area (Å²) in [6.45, 7) is 2.14. The molecule has 1 amide bonds. The molecule has 0 aliphatic carbocycles. The topological polar surface area (TPSA) is 80.0 Å². The molecule has 1 atom stereocenters. The van der Waals surface area contributed by atoms with E-state index < -0.39 is 17.7 Å². The minimum Gasteiger partial charge on any atom is -0.507 e. The van der Waals surface area contributed by atoms with E-state index >= 15 is 0 Å². The molecule has 2 heterocycles. The highest BCUT2D eigenvalue weighted by molar-refractivity contribution is 6.46. The average Bonchev–Trinajstić information content (AvgIpc) is 3.41. The van der Waals surface area contributed by atoms with Crippen molar-refractivity contribution in [1.82, 2.24) is 4.90 Å². The molecule has 0 bridgehead atoms. The van der Waals surface area contributed by atoms with E-state index in [2.05, 4.69) is 0 Å². The van der Waals surface area contributed by atoms with E-state index in [1.165, 1.54) is 11.2 Å². The number of aliphatic hydroxyl groups excluding tert-OH is 1. The lowest BCUT2D eigenvalue weighted by Crippen LogP contribution is -2.29. The molecule has 1 N–H and O–H groups in total. The van der Waals surface area contributed by atoms with E-state index in [1.54, 1.807) is 49.6 Å². The number of rotatable bonds is 6. The first-order valence-electron chi connectivity index (χ1n) is 10.1. The number of ketones is 1. The van der Waals surface area contributed by atoms with Gasteiger partial charge in [0, 0.05) is 5.56 Å². The van der Waals surface area contributed by atoms with Crippen molar-refractivity contribution in [1.29, 1.82) is 0 Å². The number of likely N-dealkylation sites (tertiary alicyclic amines) is 1. The molecule has 0 spiro atoms. The van der Waals surface area contributed by atoms with Crippen molar-refractivity contribution in [3.8, 4) is 5.75 Å². The average molecular weight is 417 g/mol. The molecule has 1 aliphatic rings. The van der Waals surface area contributed by atoms with Gasteiger partial charge >= 0.3 is 0 Å². The van der Waals surface area contributed by atoms with E-state index in [-0.39, 0.29) is 17.9 Å². The Hall–Kier alpha value is -3.80. The summed E-state index contributed by atoms with van der Waals surface area (Å²) in [5.41, 5.74) is 2.31. The van der Waals surface area contributed by atoms with Crippen molar-refractivity contribution in [2.45, 2.75) is 25.9 Å². The van der Waals surface area contributed by atoms with Crippen LogP contribution >= 0.6 is 0 Å². The highest BCUT2D eigenvalue weighted by Gasteiger charge is 2.46. The van der Waals surface area contributed by atoms with E-state index in [0.717, 1.165) is 12.0 Å². The van der Waals surface area contributed by atoms with Gasteiger partial charge in [-0.05, 0) is 41.8 Å². The fourth-order valence-corrected chi connectivity index (χ4v) is 3.83. The van der Waals surface area contributed by atoms with Gasteiger partial charge in [0.2, 0.25) is 0 Å². The lowest BCUT2D eigenvalue weighted by atomic mass is 9.94. The molecule has 1 saturated heterocycles. The Morgan fingerprint density at radius 2 is 1.87 bits per heavy atom. The van der Waals surface area contributed by atoms with Gasteiger partial charge in [0.25, 0.3) is 11.7 Å². The molecule has 158 valence electrons. The van der Waals surface area contributed by atoms with Crippen LogP contribution in [0.4, 0.5) is 0 Å². The van der Waals surface area contributed by atoms with Crippen molar-refractivity contribution in [3.63, 3.8) is 0 Å². The third-order valence-electron chi connectivity index (χ3n) is 5.49. The number of amides is 1. The zero-order chi connectivity index (χ0) is 22.0. The molecule has 1 aliphatic heterocycles. The molecule has 3 aromatic rings. The van der Waals surface area contributed by atoms with Gasteiger partial charge in [0.15, 0.2) is 0 Å². The number of Topliss-reactive ketones (excluding diaryl/α,β-unsaturated/α-hetero) is 1. The monoisotopic (exact) mass is 417 g/mol. The smallest absolute Gasteiger partial charge is 0.296 e. The maximum atomic E-state index is 13.0. The van der Waals surface area contributed by atoms with Crippen LogP contribution in [0.15, 0.2) is 76.9 Å². The zero-order valence-corrected chi connectivity index (χ0v) is 17.4. The summed E-state index contributed by atoms with van der Waals surface area (Å²) in [7, 11) is 1.55. The quantitative estimate of drug-likeness (QED) is 0.364. The minimum atomic E-state index is -0.772. The molecule has 1 fully saturated rings. The Bertz CT molecular complexity index is 1130. The van der Waals surface area contributed by atoms with Crippen LogP contribution in [0.2, 0.25) is 0 Å². The fraction of sp³-hybridized carbons (Fsp3) is 0.200. The molecule has 31 heavy (non-hydrogen) atoms. The number of aliphatic hydroxyl groups is 1. The van der Waals surface area contributed by atoms with Crippen LogP contribution in [-0.2, 0) is 22.6 Å². The summed E-state index contributed by atoms with van der Waals surface area (Å²) >= 11 is 0. The van der Waals surface area contributed by atoms with Gasteiger partial charge in [-0.1, -0.05) is 43.3 Å². The summed E-state index contributed by atoms with van der Waals surface area (Å²) in [6, 6.07) is 17.2. The molecule has 6 nitrogen and oxygen atoms in total. The van der Waals surface area contributed by atoms with Gasteiger partial charge in [0.1, 0.15) is 17.3 Å². The Balaban J connectivity index is 1.86. The summed E-state index contributed by atoms with van der Waals surface area (Å²) < 4.78 is 10.7. The molecule has 0 radical (unpaired) electrons. The summed E-state index contributed by atoms with van der Waals surface area (Å²) in [4.78, 5) is 27.4. The summed E-state index contributed by atoms with van der Waals surface area (Å²) in [6.07, 6.45) is 2.38. The standard InChI is InChI=1S/C25H23NO5/c1-3-16-9-11-17(12-10-16)23(27)21-22(18-6-4-7-19(14-18)30-2)26(25(29)24(21)28)15-20-8-5-13-31-20/h4-14,22,27H,3,15H2,1-2H3/b23-21-. The first-order chi connectivity index (χ1) is 15.0. The molecular formula is C25H23NO5. The maximum absolute atomic E-state index is 13.0. The number of hydrogen-bond donors (Lipinski definition) is 1. The number of benzene rings is 2. The number of aryl methyl sites for hydroxylation is 1. The van der Waals surface area contributed by atoms with Gasteiger partial charge in [-0.2, -0.15) is 0 Å². The summed E-state index contributed by atoms with van der Waals surface area (Å²) in [5, 5.41) is 11.1. The first kappa shape index (κ1) is 20.5. The molecule has 2 aromatic carbocycles. The van der Waals surface area contributed by atoms with Crippen molar-refractivity contribution < 1.29 is 23.8 Å². The number of hydrogen-bond acceptors (Lipinski definition) is 5. The molecule has 0 saturated carbocycles. The molecular weight excluding hydrogens is 394 g/mol. The van der Waals surface area contributed by atoms with Gasteiger partial charge < -0.3 is 19.2 Å². The lowest BCUT2D eigenvalue weighted by molar-refractivity contribution is -0.140. The van der Waals surface area contributed by atoms with E-state index in [0.29, 0.717) is 22.6 Å². The van der Waals surface area contributed by atoms with Crippen LogP contribution in [0.3, 0.4) is 0 Å². The van der Waals surface area contributed by atoms with E-state index in [1.807, 2.05) is 25.1 Å². The van der Waals surface area contributed by atoms with Crippen molar-refractivity contribution in [2.75, 3.05) is 7.11 Å². The van der Waals surface area contributed by atoms with Crippen LogP contribution in [0.5, 0.6) is 5.75 Å². The Kier molecular flexibility index (Phi) is 5.62. The van der Waals surface area contributed by atoms with Gasteiger partial charge in [-0.25, -0.2) is 0 Å². The molecule has 1 unspecified atom stereocenters. The van der Waals surface area contributed by atoms with Crippen LogP contribution < -0.4 is 4.74 Å². The maximum Gasteiger partial charge on any atom is 0.296 e. The highest BCUT2D eigenvalue weighted by Crippen LogP contribution is 2.41. The van der Waals surface area contributed by atoms with Crippen LogP contribution in [-0.4, -0.2) is 28.8 Å². The molecule has 1 aromatic heterocycles. The van der Waals surface area contributed by atoms with Gasteiger partial charge in [-0.15, -0.1) is 0 Å². The number of furan rings is 1. The second-order valence-corrected chi connectivity index (χ2v) is 7.33. The van der Waals surface area contributed by atoms with Crippen LogP contribution in [0.25, 0.3) is 5.76 Å². The normalized spacial score (nSPS) is 17.9. The number of carbonyl (C=O) groups excluding carboxylic acids is 2. The number of nitrogens with zero attached hydrogens (tertiary/aromatic N) is 1. The lowest BCUT2D eigenvalue weighted by Gasteiger charge is -2.24. The summed E-state index contributed by atoms with van der Waals surface area (Å²) in [5.74, 6) is -0.473. The minimum absolute atomic E-state index is 0.0501. The third kappa shape index (κ3) is 3.84. The van der Waals surface area contributed by atoms with Crippen molar-refractivity contribution >= 4 is 17.4 Å². The molecule has 6 heteroatoms. The fourth-order valence-electron chi connectivity index (χ4n) is 3.83. The SMILES string of the molecule is CCc1ccc(/C(O)=C2/C(=O)C(=O)N(Cc3ccco3)C2c2cccc(OC)c2)cc1. The first-order valence-corrected chi connectivity index (χ1v) is 10.1. The Labute approximate surface area is 180 Å². The largest absolute Gasteiger partial charge is 0.507 e. The Morgan fingerprint density at radius 3 is 2.52 bits per heavy atom. The molecule has 4 rings (SSSR count). The number of carbonyl (C=O) groups is 2. The van der Waals surface area contributed by atoms with E-state index in [9.17, 15) is 14.7 Å². The number of methoxy groups -OCH3 is 1. The second kappa shape index (κ2) is 8.52. The highest BCUT2D eigenvalue weighted by atomic mass is 16.5. The van der Waals surface area contributed by atoms with Crippen molar-refractivity contribution in [2.24, 2.45) is 0 Å². The predicted molar refractivity (Wildman–Crippen MR) is 115 cm³/mol. The second-order valence-electron chi connectivity index (χ2n) is 7.33. The number of ether oxygens (including phenoxy) is 1. The van der Waals surface area contributed by atoms with Crippen molar-refractivity contribution in [3.05, 3.63) is 95.0 Å². The van der Waals surface area contributed by atoms with Gasteiger partial charge in [0.05, 0.1) is 31.5 Å². The van der Waals surface area contributed by atoms with Crippen LogP contribution in [0, 0.1) is 0 Å². The van der Waals surface area contributed by atoms with Crippen LogP contribution in [0.1, 0.15) is 35.4 Å². The van der Waals surface area contributed by atoms with E-state index in [4.69, 9.17) is 9.15 Å². The third-order valence-corrected chi connectivity index (χ3v) is 5.49. The zero-order valence-electron chi connectivity index (χ0n) is 17.4.